The predicted molar refractivity (Wildman–Crippen MR) is 102 cm³/mol. The topological polar surface area (TPSA) is 46.3 Å². The number of carbonyl (C=O) groups excluding carboxylic acids is 1. The maximum absolute atomic E-state index is 12.8. The van der Waals surface area contributed by atoms with E-state index in [4.69, 9.17) is 5.84 Å². The van der Waals surface area contributed by atoms with Gasteiger partial charge in [0.2, 0.25) is 0 Å². The molecule has 3 aromatic rings. The van der Waals surface area contributed by atoms with Crippen LogP contribution in [-0.2, 0) is 12.8 Å². The average Bonchev–Trinajstić information content (AvgIpc) is 2.69. The lowest BCUT2D eigenvalue weighted by Gasteiger charge is -2.18. The average molecular weight is 330 g/mol. The fraction of sp³-hybridized carbons (Fsp3) is 0.136. The lowest BCUT2D eigenvalue weighted by Crippen LogP contribution is -2.37. The van der Waals surface area contributed by atoms with Gasteiger partial charge in [0.15, 0.2) is 0 Å². The molecule has 2 N–H and O–H groups in total. The minimum absolute atomic E-state index is 0.179. The number of hydrogen-bond donors (Lipinski definition) is 1. The van der Waals surface area contributed by atoms with Crippen LogP contribution in [0.4, 0.5) is 5.69 Å². The highest BCUT2D eigenvalue weighted by molar-refractivity contribution is 6.06. The van der Waals surface area contributed by atoms with Crippen molar-refractivity contribution in [2.24, 2.45) is 5.84 Å². The highest BCUT2D eigenvalue weighted by atomic mass is 16.2. The second kappa shape index (κ2) is 8.27. The van der Waals surface area contributed by atoms with Crippen molar-refractivity contribution >= 4 is 11.6 Å². The third kappa shape index (κ3) is 4.34. The standard InChI is InChI=1S/C22H22N2O/c23-24(20-15-5-2-6-16-20)22(25)21-17-8-7-13-19(21)14-9-12-18-10-3-1-4-11-18/h1-8,10-11,13,15-17H,9,12,14,23H2. The molecule has 0 fully saturated rings. The van der Waals surface area contributed by atoms with Crippen molar-refractivity contribution < 1.29 is 4.79 Å². The summed E-state index contributed by atoms with van der Waals surface area (Å²) in [5.41, 5.74) is 3.71. The first-order valence-electron chi connectivity index (χ1n) is 8.52. The molecule has 0 heterocycles. The van der Waals surface area contributed by atoms with E-state index in [1.54, 1.807) is 0 Å². The summed E-state index contributed by atoms with van der Waals surface area (Å²) in [6.07, 6.45) is 2.83. The quantitative estimate of drug-likeness (QED) is 0.414. The first kappa shape index (κ1) is 16.9. The highest BCUT2D eigenvalue weighted by Crippen LogP contribution is 2.18. The molecule has 0 saturated carbocycles. The predicted octanol–water partition coefficient (Wildman–Crippen LogP) is 4.38. The maximum Gasteiger partial charge on any atom is 0.272 e. The summed E-state index contributed by atoms with van der Waals surface area (Å²) >= 11 is 0. The van der Waals surface area contributed by atoms with Gasteiger partial charge in [0, 0.05) is 5.56 Å². The van der Waals surface area contributed by atoms with E-state index < -0.39 is 0 Å². The van der Waals surface area contributed by atoms with Gasteiger partial charge >= 0.3 is 0 Å². The van der Waals surface area contributed by atoms with Gasteiger partial charge in [-0.15, -0.1) is 0 Å². The minimum Gasteiger partial charge on any atom is -0.267 e. The van der Waals surface area contributed by atoms with E-state index in [1.807, 2.05) is 60.7 Å². The Morgan fingerprint density at radius 1 is 0.760 bits per heavy atom. The molecule has 0 saturated heterocycles. The lowest BCUT2D eigenvalue weighted by molar-refractivity contribution is 0.0986. The number of rotatable bonds is 6. The number of nitrogens with zero attached hydrogens (tertiary/aromatic N) is 1. The molecule has 0 unspecified atom stereocenters. The number of para-hydroxylation sites is 1. The Kier molecular flexibility index (Phi) is 5.60. The van der Waals surface area contributed by atoms with Crippen LogP contribution in [0.1, 0.15) is 27.9 Å². The second-order valence-corrected chi connectivity index (χ2v) is 6.01. The fourth-order valence-corrected chi connectivity index (χ4v) is 2.91. The SMILES string of the molecule is NN(C(=O)c1ccccc1CCCc1ccccc1)c1ccccc1. The van der Waals surface area contributed by atoms with Gasteiger partial charge in [0.25, 0.3) is 5.91 Å². The number of benzene rings is 3. The molecule has 0 radical (unpaired) electrons. The Labute approximate surface area is 148 Å². The Bertz CT molecular complexity index is 816. The molecule has 126 valence electrons. The first-order valence-corrected chi connectivity index (χ1v) is 8.52. The van der Waals surface area contributed by atoms with Gasteiger partial charge < -0.3 is 0 Å². The summed E-state index contributed by atoms with van der Waals surface area (Å²) in [7, 11) is 0. The Morgan fingerprint density at radius 2 is 1.36 bits per heavy atom. The maximum atomic E-state index is 12.8. The number of aryl methyl sites for hydroxylation is 2. The molecule has 0 spiro atoms. The van der Waals surface area contributed by atoms with E-state index in [2.05, 4.69) is 24.3 Å². The molecular weight excluding hydrogens is 308 g/mol. The molecule has 0 aliphatic rings. The van der Waals surface area contributed by atoms with Gasteiger partial charge in [0.1, 0.15) is 0 Å². The van der Waals surface area contributed by atoms with Gasteiger partial charge in [-0.25, -0.2) is 10.9 Å². The molecule has 0 atom stereocenters. The third-order valence-corrected chi connectivity index (χ3v) is 4.26. The van der Waals surface area contributed by atoms with Crippen LogP contribution in [0.15, 0.2) is 84.9 Å². The molecule has 0 aliphatic heterocycles. The molecule has 0 aliphatic carbocycles. The summed E-state index contributed by atoms with van der Waals surface area (Å²) in [5.74, 6) is 5.86. The molecule has 3 nitrogen and oxygen atoms in total. The Hall–Kier alpha value is -2.91. The van der Waals surface area contributed by atoms with Gasteiger partial charge in [0.05, 0.1) is 5.69 Å². The number of anilines is 1. The van der Waals surface area contributed by atoms with Crippen LogP contribution in [-0.4, -0.2) is 5.91 Å². The zero-order chi connectivity index (χ0) is 17.5. The van der Waals surface area contributed by atoms with Crippen LogP contribution in [0.3, 0.4) is 0 Å². The second-order valence-electron chi connectivity index (χ2n) is 6.01. The van der Waals surface area contributed by atoms with E-state index in [-0.39, 0.29) is 5.91 Å². The van der Waals surface area contributed by atoms with Crippen molar-refractivity contribution in [3.05, 3.63) is 102 Å². The van der Waals surface area contributed by atoms with Crippen molar-refractivity contribution in [2.45, 2.75) is 19.3 Å². The summed E-state index contributed by atoms with van der Waals surface area (Å²) in [6.45, 7) is 0. The van der Waals surface area contributed by atoms with Crippen LogP contribution < -0.4 is 10.9 Å². The van der Waals surface area contributed by atoms with E-state index >= 15 is 0 Å². The van der Waals surface area contributed by atoms with Gasteiger partial charge in [-0.3, -0.25) is 4.79 Å². The molecule has 25 heavy (non-hydrogen) atoms. The summed E-state index contributed by atoms with van der Waals surface area (Å²) in [5, 5.41) is 1.22. The normalized spacial score (nSPS) is 10.4. The number of amides is 1. The van der Waals surface area contributed by atoms with Gasteiger partial charge in [-0.05, 0) is 48.6 Å². The molecule has 1 amide bonds. The number of hydrazine groups is 1. The van der Waals surface area contributed by atoms with Crippen molar-refractivity contribution in [3.8, 4) is 0 Å². The summed E-state index contributed by atoms with van der Waals surface area (Å²) in [6, 6.07) is 27.4. The largest absolute Gasteiger partial charge is 0.272 e. The van der Waals surface area contributed by atoms with Crippen LogP contribution in [0.2, 0.25) is 0 Å². The third-order valence-electron chi connectivity index (χ3n) is 4.26. The Morgan fingerprint density at radius 3 is 2.08 bits per heavy atom. The first-order chi connectivity index (χ1) is 12.3. The van der Waals surface area contributed by atoms with E-state index in [0.717, 1.165) is 24.8 Å². The van der Waals surface area contributed by atoms with Crippen molar-refractivity contribution in [2.75, 3.05) is 5.01 Å². The zero-order valence-electron chi connectivity index (χ0n) is 14.1. The number of carbonyl (C=O) groups is 1. The van der Waals surface area contributed by atoms with Crippen molar-refractivity contribution in [1.82, 2.24) is 0 Å². The van der Waals surface area contributed by atoms with Crippen LogP contribution >= 0.6 is 0 Å². The fourth-order valence-electron chi connectivity index (χ4n) is 2.91. The van der Waals surface area contributed by atoms with Gasteiger partial charge in [-0.1, -0.05) is 66.7 Å². The molecule has 3 aromatic carbocycles. The van der Waals surface area contributed by atoms with Crippen LogP contribution in [0.5, 0.6) is 0 Å². The zero-order valence-corrected chi connectivity index (χ0v) is 14.1. The van der Waals surface area contributed by atoms with E-state index in [1.165, 1.54) is 10.6 Å². The van der Waals surface area contributed by atoms with Crippen molar-refractivity contribution in [3.63, 3.8) is 0 Å². The van der Waals surface area contributed by atoms with Crippen LogP contribution in [0.25, 0.3) is 0 Å². The molecule has 0 aromatic heterocycles. The smallest absolute Gasteiger partial charge is 0.267 e. The lowest BCUT2D eigenvalue weighted by atomic mass is 9.99. The van der Waals surface area contributed by atoms with E-state index in [9.17, 15) is 4.79 Å². The van der Waals surface area contributed by atoms with Crippen LogP contribution in [0, 0.1) is 0 Å². The van der Waals surface area contributed by atoms with E-state index in [0.29, 0.717) is 11.3 Å². The molecule has 3 rings (SSSR count). The molecule has 0 bridgehead atoms. The number of nitrogens with two attached hydrogens (primary N) is 1. The summed E-state index contributed by atoms with van der Waals surface area (Å²) in [4.78, 5) is 12.8. The highest BCUT2D eigenvalue weighted by Gasteiger charge is 2.17. The summed E-state index contributed by atoms with van der Waals surface area (Å²) < 4.78 is 0. The molecular formula is C22H22N2O. The minimum atomic E-state index is -0.179. The van der Waals surface area contributed by atoms with Gasteiger partial charge in [-0.2, -0.15) is 0 Å². The van der Waals surface area contributed by atoms with Crippen molar-refractivity contribution in [1.29, 1.82) is 0 Å². The Balaban J connectivity index is 1.71. The number of hydrogen-bond acceptors (Lipinski definition) is 2. The monoisotopic (exact) mass is 330 g/mol. The molecule has 3 heteroatoms.